The van der Waals surface area contributed by atoms with Gasteiger partial charge in [-0.3, -0.25) is 4.79 Å². The van der Waals surface area contributed by atoms with E-state index in [1.165, 1.54) is 31.3 Å². The van der Waals surface area contributed by atoms with Crippen LogP contribution in [0.1, 0.15) is 19.4 Å². The number of sulfonamides is 1. The van der Waals surface area contributed by atoms with Crippen molar-refractivity contribution in [2.24, 2.45) is 5.41 Å². The van der Waals surface area contributed by atoms with Crippen LogP contribution in [0.5, 0.6) is 0 Å². The molecule has 0 fully saturated rings. The summed E-state index contributed by atoms with van der Waals surface area (Å²) in [7, 11) is -2.20. The van der Waals surface area contributed by atoms with Gasteiger partial charge >= 0.3 is 0 Å². The molecule has 108 valence electrons. The molecule has 1 aromatic rings. The van der Waals surface area contributed by atoms with Crippen molar-refractivity contribution >= 4 is 15.9 Å². The maximum atomic E-state index is 12.1. The molecule has 0 spiro atoms. The van der Waals surface area contributed by atoms with Crippen molar-refractivity contribution in [1.82, 2.24) is 10.0 Å². The minimum absolute atomic E-state index is 0.0188. The third kappa shape index (κ3) is 3.79. The summed E-state index contributed by atoms with van der Waals surface area (Å²) in [6.45, 7) is 3.27. The van der Waals surface area contributed by atoms with Gasteiger partial charge in [-0.2, -0.15) is 5.26 Å². The average molecular weight is 295 g/mol. The van der Waals surface area contributed by atoms with Crippen LogP contribution in [0.15, 0.2) is 29.2 Å². The minimum Gasteiger partial charge on any atom is -0.359 e. The number of carbonyl (C=O) groups is 1. The first-order valence-electron chi connectivity index (χ1n) is 5.95. The maximum Gasteiger partial charge on any atom is 0.240 e. The van der Waals surface area contributed by atoms with Crippen molar-refractivity contribution in [1.29, 1.82) is 5.26 Å². The number of amides is 1. The second kappa shape index (κ2) is 6.03. The Kier molecular flexibility index (Phi) is 4.87. The third-order valence-corrected chi connectivity index (χ3v) is 4.26. The van der Waals surface area contributed by atoms with E-state index in [1.54, 1.807) is 13.8 Å². The van der Waals surface area contributed by atoms with Gasteiger partial charge in [0.25, 0.3) is 0 Å². The lowest BCUT2D eigenvalue weighted by Gasteiger charge is -2.22. The fourth-order valence-electron chi connectivity index (χ4n) is 1.49. The van der Waals surface area contributed by atoms with Gasteiger partial charge in [0.15, 0.2) is 0 Å². The summed E-state index contributed by atoms with van der Waals surface area (Å²) in [6, 6.07) is 7.48. The summed E-state index contributed by atoms with van der Waals surface area (Å²) in [5.41, 5.74) is -0.469. The zero-order valence-electron chi connectivity index (χ0n) is 11.6. The number of nitrogens with zero attached hydrogens (tertiary/aromatic N) is 1. The second-order valence-electron chi connectivity index (χ2n) is 4.92. The lowest BCUT2D eigenvalue weighted by Crippen LogP contribution is -2.43. The Labute approximate surface area is 118 Å². The van der Waals surface area contributed by atoms with E-state index >= 15 is 0 Å². The summed E-state index contributed by atoms with van der Waals surface area (Å²) < 4.78 is 26.5. The van der Waals surface area contributed by atoms with Crippen LogP contribution in [-0.2, 0) is 14.8 Å². The number of carbonyl (C=O) groups excluding carboxylic acids is 1. The van der Waals surface area contributed by atoms with Gasteiger partial charge in [0.2, 0.25) is 15.9 Å². The van der Waals surface area contributed by atoms with Crippen LogP contribution in [0, 0.1) is 16.7 Å². The molecule has 0 aliphatic heterocycles. The highest BCUT2D eigenvalue weighted by Crippen LogP contribution is 2.16. The standard InChI is InChI=1S/C13H17N3O3S/c1-13(2,12(17)15-3)9-16-20(18,19)11-6-4-10(8-14)5-7-11/h4-7,16H,9H2,1-3H3,(H,15,17). The van der Waals surface area contributed by atoms with E-state index < -0.39 is 15.4 Å². The Morgan fingerprint density at radius 1 is 1.30 bits per heavy atom. The molecule has 0 saturated carbocycles. The molecule has 0 saturated heterocycles. The monoisotopic (exact) mass is 295 g/mol. The van der Waals surface area contributed by atoms with Gasteiger partial charge in [-0.1, -0.05) is 0 Å². The lowest BCUT2D eigenvalue weighted by atomic mass is 9.93. The minimum atomic E-state index is -3.70. The van der Waals surface area contributed by atoms with E-state index in [1.807, 2.05) is 6.07 Å². The Balaban J connectivity index is 2.85. The highest BCUT2D eigenvalue weighted by Gasteiger charge is 2.28. The van der Waals surface area contributed by atoms with Gasteiger partial charge in [0, 0.05) is 13.6 Å². The molecule has 0 aliphatic rings. The number of hydrogen-bond donors (Lipinski definition) is 2. The number of nitriles is 1. The van der Waals surface area contributed by atoms with E-state index in [4.69, 9.17) is 5.26 Å². The van der Waals surface area contributed by atoms with Crippen LogP contribution < -0.4 is 10.0 Å². The van der Waals surface area contributed by atoms with Crippen LogP contribution in [-0.4, -0.2) is 27.9 Å². The van der Waals surface area contributed by atoms with E-state index in [9.17, 15) is 13.2 Å². The summed E-state index contributed by atoms with van der Waals surface area (Å²) in [6.07, 6.45) is 0. The van der Waals surface area contributed by atoms with Crippen LogP contribution in [0.4, 0.5) is 0 Å². The normalized spacial score (nSPS) is 11.7. The first-order valence-corrected chi connectivity index (χ1v) is 7.43. The highest BCUT2D eigenvalue weighted by molar-refractivity contribution is 7.89. The van der Waals surface area contributed by atoms with Crippen molar-refractivity contribution in [2.45, 2.75) is 18.7 Å². The third-order valence-electron chi connectivity index (χ3n) is 2.84. The summed E-state index contributed by atoms with van der Waals surface area (Å²) in [5, 5.41) is 11.2. The van der Waals surface area contributed by atoms with Gasteiger partial charge in [0.1, 0.15) is 0 Å². The molecule has 0 aromatic heterocycles. The van der Waals surface area contributed by atoms with Crippen LogP contribution >= 0.6 is 0 Å². The van der Waals surface area contributed by atoms with E-state index in [2.05, 4.69) is 10.0 Å². The predicted molar refractivity (Wildman–Crippen MR) is 74.2 cm³/mol. The van der Waals surface area contributed by atoms with Gasteiger partial charge < -0.3 is 5.32 Å². The number of hydrogen-bond acceptors (Lipinski definition) is 4. The molecule has 1 aromatic carbocycles. The maximum absolute atomic E-state index is 12.1. The Hall–Kier alpha value is -1.91. The lowest BCUT2D eigenvalue weighted by molar-refractivity contribution is -0.128. The van der Waals surface area contributed by atoms with E-state index in [0.29, 0.717) is 5.56 Å². The first-order chi connectivity index (χ1) is 9.23. The predicted octanol–water partition coefficient (Wildman–Crippen LogP) is 0.609. The van der Waals surface area contributed by atoms with Crippen LogP contribution in [0.25, 0.3) is 0 Å². The largest absolute Gasteiger partial charge is 0.359 e. The highest BCUT2D eigenvalue weighted by atomic mass is 32.2. The quantitative estimate of drug-likeness (QED) is 0.831. The molecule has 0 radical (unpaired) electrons. The molecule has 20 heavy (non-hydrogen) atoms. The van der Waals surface area contributed by atoms with Crippen LogP contribution in [0.2, 0.25) is 0 Å². The first kappa shape index (κ1) is 16.1. The summed E-state index contributed by atoms with van der Waals surface area (Å²) in [5.74, 6) is -0.250. The van der Waals surface area contributed by atoms with Crippen molar-refractivity contribution in [3.8, 4) is 6.07 Å². The fourth-order valence-corrected chi connectivity index (χ4v) is 2.70. The van der Waals surface area contributed by atoms with Crippen LogP contribution in [0.3, 0.4) is 0 Å². The molecule has 1 amide bonds. The fraction of sp³-hybridized carbons (Fsp3) is 0.385. The van der Waals surface area contributed by atoms with Crippen molar-refractivity contribution in [3.05, 3.63) is 29.8 Å². The number of benzene rings is 1. The average Bonchev–Trinajstić information content (AvgIpc) is 2.44. The molecular weight excluding hydrogens is 278 g/mol. The van der Waals surface area contributed by atoms with E-state index in [0.717, 1.165) is 0 Å². The number of nitrogens with one attached hydrogen (secondary N) is 2. The molecule has 0 bridgehead atoms. The molecule has 2 N–H and O–H groups in total. The summed E-state index contributed by atoms with van der Waals surface area (Å²) >= 11 is 0. The molecule has 6 nitrogen and oxygen atoms in total. The Bertz CT molecular complexity index is 628. The van der Waals surface area contributed by atoms with Gasteiger partial charge in [-0.05, 0) is 38.1 Å². The molecule has 1 rings (SSSR count). The SMILES string of the molecule is CNC(=O)C(C)(C)CNS(=O)(=O)c1ccc(C#N)cc1. The van der Waals surface area contributed by atoms with Crippen molar-refractivity contribution in [3.63, 3.8) is 0 Å². The topological polar surface area (TPSA) is 99.1 Å². The zero-order chi connectivity index (χ0) is 15.4. The molecule has 7 heteroatoms. The number of rotatable bonds is 5. The van der Waals surface area contributed by atoms with Gasteiger partial charge in [-0.15, -0.1) is 0 Å². The summed E-state index contributed by atoms with van der Waals surface area (Å²) in [4.78, 5) is 11.6. The molecule has 0 heterocycles. The van der Waals surface area contributed by atoms with E-state index in [-0.39, 0.29) is 17.3 Å². The molecule has 0 unspecified atom stereocenters. The Morgan fingerprint density at radius 2 is 1.85 bits per heavy atom. The molecule has 0 atom stereocenters. The molecule has 0 aliphatic carbocycles. The molecular formula is C13H17N3O3S. The van der Waals surface area contributed by atoms with Gasteiger partial charge in [-0.25, -0.2) is 13.1 Å². The second-order valence-corrected chi connectivity index (χ2v) is 6.69. The van der Waals surface area contributed by atoms with Crippen molar-refractivity contribution in [2.75, 3.05) is 13.6 Å². The zero-order valence-corrected chi connectivity index (χ0v) is 12.4. The van der Waals surface area contributed by atoms with Crippen molar-refractivity contribution < 1.29 is 13.2 Å². The van der Waals surface area contributed by atoms with Gasteiger partial charge in [0.05, 0.1) is 21.9 Å². The Morgan fingerprint density at radius 3 is 2.30 bits per heavy atom. The smallest absolute Gasteiger partial charge is 0.240 e.